The fourth-order valence-corrected chi connectivity index (χ4v) is 6.59. The lowest BCUT2D eigenvalue weighted by Crippen LogP contribution is -2.60. The third-order valence-corrected chi connectivity index (χ3v) is 7.77. The highest BCUT2D eigenvalue weighted by Gasteiger charge is 2.58. The maximum Gasteiger partial charge on any atom is 0.183 e. The zero-order valence-electron chi connectivity index (χ0n) is 16.8. The Bertz CT molecular complexity index is 874. The predicted octanol–water partition coefficient (Wildman–Crippen LogP) is 2.58. The molecule has 5 atom stereocenters. The van der Waals surface area contributed by atoms with Gasteiger partial charge in [-0.25, -0.2) is 0 Å². The topological polar surface area (TPSA) is 70.6 Å². The Labute approximate surface area is 172 Å². The zero-order chi connectivity index (χ0) is 20.0. The molecule has 0 bridgehead atoms. The van der Waals surface area contributed by atoms with Crippen molar-refractivity contribution in [3.05, 3.63) is 70.7 Å². The normalized spacial score (nSPS) is 33.7. The number of fused-ring (bicyclic) bond motifs is 5. The minimum Gasteiger partial charge on any atom is -0.619 e. The maximum atomic E-state index is 11.9. The SMILES string of the molecule is [O-][n+]1ccc2c(c1)CC[C@@H]1[C@@H]2N(Cc2ccccc2)C[C@]2(O)[C@H](CCO)CC[C@@H]12. The molecule has 0 amide bonds. The highest BCUT2D eigenvalue weighted by atomic mass is 16.5. The molecule has 1 aromatic carbocycles. The van der Waals surface area contributed by atoms with Gasteiger partial charge in [0.2, 0.25) is 0 Å². The number of hydrogen-bond donors (Lipinski definition) is 2. The van der Waals surface area contributed by atoms with Gasteiger partial charge in [0.15, 0.2) is 12.4 Å². The lowest BCUT2D eigenvalue weighted by molar-refractivity contribution is -0.606. The molecule has 2 aliphatic carbocycles. The Morgan fingerprint density at radius 3 is 2.76 bits per heavy atom. The molecule has 5 heteroatoms. The summed E-state index contributed by atoms with van der Waals surface area (Å²) < 4.78 is 0.909. The number of aliphatic hydroxyl groups is 2. The van der Waals surface area contributed by atoms with Crippen molar-refractivity contribution in [2.24, 2.45) is 17.8 Å². The third kappa shape index (κ3) is 3.16. The monoisotopic (exact) mass is 394 g/mol. The van der Waals surface area contributed by atoms with E-state index in [0.29, 0.717) is 18.9 Å². The molecule has 154 valence electrons. The summed E-state index contributed by atoms with van der Waals surface area (Å²) in [4.78, 5) is 2.44. The minimum absolute atomic E-state index is 0.138. The Kier molecular flexibility index (Phi) is 4.85. The second kappa shape index (κ2) is 7.38. The Hall–Kier alpha value is -1.95. The lowest BCUT2D eigenvalue weighted by Gasteiger charge is -2.55. The molecule has 1 aliphatic heterocycles. The van der Waals surface area contributed by atoms with E-state index >= 15 is 0 Å². The second-order valence-corrected chi connectivity index (χ2v) is 9.21. The average molecular weight is 395 g/mol. The number of β-amino-alcohol motifs (C(OH)–C–C–N with tert-alkyl or cyclic N) is 1. The Morgan fingerprint density at radius 1 is 1.14 bits per heavy atom. The van der Waals surface area contributed by atoms with Gasteiger partial charge in [0.1, 0.15) is 0 Å². The molecule has 5 rings (SSSR count). The summed E-state index contributed by atoms with van der Waals surface area (Å²) >= 11 is 0. The number of aromatic nitrogens is 1. The van der Waals surface area contributed by atoms with Gasteiger partial charge in [-0.3, -0.25) is 4.90 Å². The fourth-order valence-electron chi connectivity index (χ4n) is 6.59. The molecular formula is C24H30N2O3. The Balaban J connectivity index is 1.55. The van der Waals surface area contributed by atoms with Gasteiger partial charge in [-0.15, -0.1) is 0 Å². The molecule has 2 N–H and O–H groups in total. The van der Waals surface area contributed by atoms with Crippen molar-refractivity contribution in [3.63, 3.8) is 0 Å². The van der Waals surface area contributed by atoms with Crippen LogP contribution in [0.3, 0.4) is 0 Å². The number of likely N-dealkylation sites (tertiary alicyclic amines) is 1. The summed E-state index contributed by atoms with van der Waals surface area (Å²) in [7, 11) is 0. The first kappa shape index (κ1) is 19.0. The van der Waals surface area contributed by atoms with Gasteiger partial charge in [0.25, 0.3) is 0 Å². The molecule has 2 heterocycles. The summed E-state index contributed by atoms with van der Waals surface area (Å²) in [5.74, 6) is 0.817. The molecule has 2 fully saturated rings. The fraction of sp³-hybridized carbons (Fsp3) is 0.542. The van der Waals surface area contributed by atoms with Crippen molar-refractivity contribution in [1.82, 2.24) is 4.90 Å². The van der Waals surface area contributed by atoms with Crippen LogP contribution in [0, 0.1) is 23.0 Å². The van der Waals surface area contributed by atoms with Gasteiger partial charge in [-0.2, -0.15) is 4.73 Å². The van der Waals surface area contributed by atoms with Crippen molar-refractivity contribution in [2.45, 2.75) is 50.3 Å². The first-order chi connectivity index (χ1) is 14.1. The van der Waals surface area contributed by atoms with Crippen LogP contribution in [0.5, 0.6) is 0 Å². The van der Waals surface area contributed by atoms with Gasteiger partial charge in [0.05, 0.1) is 5.60 Å². The van der Waals surface area contributed by atoms with E-state index in [1.807, 2.05) is 12.1 Å². The van der Waals surface area contributed by atoms with Crippen LogP contribution < -0.4 is 4.73 Å². The van der Waals surface area contributed by atoms with Crippen LogP contribution in [0.15, 0.2) is 48.8 Å². The van der Waals surface area contributed by atoms with Crippen molar-refractivity contribution in [2.75, 3.05) is 13.2 Å². The van der Waals surface area contributed by atoms with Gasteiger partial charge in [-0.1, -0.05) is 30.3 Å². The highest BCUT2D eigenvalue weighted by molar-refractivity contribution is 5.32. The molecule has 29 heavy (non-hydrogen) atoms. The summed E-state index contributed by atoms with van der Waals surface area (Å²) in [5, 5.41) is 33.3. The number of nitrogens with zero attached hydrogens (tertiary/aromatic N) is 2. The van der Waals surface area contributed by atoms with Crippen LogP contribution in [0.2, 0.25) is 0 Å². The summed E-state index contributed by atoms with van der Waals surface area (Å²) in [6, 6.07) is 12.7. The van der Waals surface area contributed by atoms with E-state index in [1.165, 1.54) is 11.1 Å². The molecule has 0 radical (unpaired) electrons. The molecule has 3 aliphatic rings. The van der Waals surface area contributed by atoms with E-state index in [0.717, 1.165) is 42.5 Å². The number of piperidine rings is 1. The molecule has 5 nitrogen and oxygen atoms in total. The first-order valence-electron chi connectivity index (χ1n) is 10.9. The Morgan fingerprint density at radius 2 is 1.97 bits per heavy atom. The van der Waals surface area contributed by atoms with Gasteiger partial charge in [-0.05, 0) is 61.0 Å². The molecular weight excluding hydrogens is 364 g/mol. The molecule has 2 aromatic rings. The van der Waals surface area contributed by atoms with E-state index in [1.54, 1.807) is 12.4 Å². The largest absolute Gasteiger partial charge is 0.619 e. The van der Waals surface area contributed by atoms with Crippen molar-refractivity contribution in [1.29, 1.82) is 0 Å². The highest BCUT2D eigenvalue weighted by Crippen LogP contribution is 2.57. The van der Waals surface area contributed by atoms with Gasteiger partial charge in [0, 0.05) is 37.4 Å². The number of rotatable bonds is 4. The van der Waals surface area contributed by atoms with E-state index < -0.39 is 5.60 Å². The van der Waals surface area contributed by atoms with E-state index in [2.05, 4.69) is 29.2 Å². The molecule has 0 spiro atoms. The molecule has 0 unspecified atom stereocenters. The van der Waals surface area contributed by atoms with Crippen molar-refractivity contribution >= 4 is 0 Å². The lowest BCUT2D eigenvalue weighted by atomic mass is 9.64. The third-order valence-electron chi connectivity index (χ3n) is 7.77. The summed E-state index contributed by atoms with van der Waals surface area (Å²) in [6.07, 6.45) is 7.96. The van der Waals surface area contributed by atoms with Gasteiger partial charge >= 0.3 is 0 Å². The number of aryl methyl sites for hydroxylation is 1. The average Bonchev–Trinajstić information content (AvgIpc) is 3.04. The van der Waals surface area contributed by atoms with Gasteiger partial charge < -0.3 is 15.4 Å². The van der Waals surface area contributed by atoms with Crippen LogP contribution in [0.25, 0.3) is 0 Å². The van der Waals surface area contributed by atoms with Crippen LogP contribution >= 0.6 is 0 Å². The van der Waals surface area contributed by atoms with E-state index in [9.17, 15) is 15.4 Å². The molecule has 1 aromatic heterocycles. The van der Waals surface area contributed by atoms with E-state index in [4.69, 9.17) is 0 Å². The van der Waals surface area contributed by atoms with Crippen LogP contribution in [-0.2, 0) is 13.0 Å². The number of aliphatic hydroxyl groups excluding tert-OH is 1. The number of hydrogen-bond acceptors (Lipinski definition) is 4. The van der Waals surface area contributed by atoms with Crippen LogP contribution in [0.4, 0.5) is 0 Å². The number of benzene rings is 1. The second-order valence-electron chi connectivity index (χ2n) is 9.21. The van der Waals surface area contributed by atoms with E-state index in [-0.39, 0.29) is 24.5 Å². The minimum atomic E-state index is -0.733. The zero-order valence-corrected chi connectivity index (χ0v) is 16.8. The first-order valence-corrected chi connectivity index (χ1v) is 10.9. The predicted molar refractivity (Wildman–Crippen MR) is 110 cm³/mol. The number of pyridine rings is 1. The van der Waals surface area contributed by atoms with Crippen molar-refractivity contribution < 1.29 is 14.9 Å². The summed E-state index contributed by atoms with van der Waals surface area (Å²) in [6.45, 7) is 1.55. The standard InChI is InChI=1S/C24H30N2O3/c27-13-11-19-7-9-22-21-8-6-18-15-26(29)12-10-20(18)23(21)25(16-24(19,22)28)14-17-4-2-1-3-5-17/h1-5,10,12,15,19,21-23,27-28H,6-9,11,13-14,16H2/t19-,21-,22-,23+,24-/m0/s1. The smallest absolute Gasteiger partial charge is 0.183 e. The quantitative estimate of drug-likeness (QED) is 0.618. The molecule has 1 saturated carbocycles. The van der Waals surface area contributed by atoms with Crippen LogP contribution in [0.1, 0.15) is 48.4 Å². The molecule has 1 saturated heterocycles. The van der Waals surface area contributed by atoms with Crippen molar-refractivity contribution in [3.8, 4) is 0 Å². The summed E-state index contributed by atoms with van der Waals surface area (Å²) in [5.41, 5.74) is 2.92. The van der Waals surface area contributed by atoms with Crippen LogP contribution in [-0.4, -0.2) is 33.9 Å². The maximum absolute atomic E-state index is 11.9.